The number of aliphatic hydroxyl groups is 1. The molecule has 2 aromatic rings. The van der Waals surface area contributed by atoms with Crippen LogP contribution in [0.3, 0.4) is 0 Å². The minimum absolute atomic E-state index is 0.650. The van der Waals surface area contributed by atoms with Gasteiger partial charge in [0.25, 0.3) is 0 Å². The summed E-state index contributed by atoms with van der Waals surface area (Å²) in [5.41, 5.74) is 1.62. The summed E-state index contributed by atoms with van der Waals surface area (Å²) in [5.74, 6) is 0.682. The smallest absolute Gasteiger partial charge is 0.137 e. The Kier molecular flexibility index (Phi) is 4.28. The monoisotopic (exact) mass is 264 g/mol. The molecule has 4 nitrogen and oxygen atoms in total. The fraction of sp³-hybridized carbons (Fsp3) is 0.385. The van der Waals surface area contributed by atoms with E-state index in [4.69, 9.17) is 4.74 Å². The van der Waals surface area contributed by atoms with Gasteiger partial charge >= 0.3 is 0 Å². The zero-order valence-electron chi connectivity index (χ0n) is 10.5. The lowest BCUT2D eigenvalue weighted by molar-refractivity contribution is 0.218. The van der Waals surface area contributed by atoms with Crippen molar-refractivity contribution in [1.29, 1.82) is 0 Å². The summed E-state index contributed by atoms with van der Waals surface area (Å²) in [5, 5.41) is 12.8. The van der Waals surface area contributed by atoms with Gasteiger partial charge < -0.3 is 9.84 Å². The molecule has 0 fully saturated rings. The van der Waals surface area contributed by atoms with Gasteiger partial charge in [0.2, 0.25) is 0 Å². The molecule has 2 aromatic heterocycles. The maximum atomic E-state index is 10.2. The van der Waals surface area contributed by atoms with Crippen LogP contribution in [0.2, 0.25) is 0 Å². The van der Waals surface area contributed by atoms with Gasteiger partial charge in [-0.25, -0.2) is 4.98 Å². The van der Waals surface area contributed by atoms with Crippen molar-refractivity contribution in [3.63, 3.8) is 0 Å². The largest absolute Gasteiger partial charge is 0.492 e. The van der Waals surface area contributed by atoms with E-state index in [9.17, 15) is 5.11 Å². The zero-order valence-corrected chi connectivity index (χ0v) is 11.3. The highest BCUT2D eigenvalue weighted by Crippen LogP contribution is 2.26. The van der Waals surface area contributed by atoms with Crippen molar-refractivity contribution >= 4 is 11.3 Å². The molecule has 1 N–H and O–H groups in total. The number of aliphatic hydroxyl groups excluding tert-OH is 1. The Labute approximate surface area is 110 Å². The lowest BCUT2D eigenvalue weighted by Crippen LogP contribution is -2.02. The van der Waals surface area contributed by atoms with Crippen LogP contribution in [0.5, 0.6) is 5.75 Å². The first kappa shape index (κ1) is 13.0. The van der Waals surface area contributed by atoms with Crippen LogP contribution in [0.4, 0.5) is 0 Å². The Bertz CT molecular complexity index is 513. The van der Waals surface area contributed by atoms with Crippen LogP contribution in [0.25, 0.3) is 0 Å². The number of aromatic nitrogens is 2. The Hall–Kier alpha value is -1.46. The molecule has 5 heteroatoms. The van der Waals surface area contributed by atoms with Crippen molar-refractivity contribution in [2.45, 2.75) is 26.4 Å². The average molecular weight is 264 g/mol. The van der Waals surface area contributed by atoms with Crippen LogP contribution in [0, 0.1) is 6.92 Å². The Morgan fingerprint density at radius 1 is 1.44 bits per heavy atom. The van der Waals surface area contributed by atoms with Crippen molar-refractivity contribution in [2.75, 3.05) is 6.61 Å². The molecule has 0 spiro atoms. The molecule has 2 rings (SSSR count). The molecule has 0 aromatic carbocycles. The third-order valence-electron chi connectivity index (χ3n) is 2.39. The number of nitrogens with zero attached hydrogens (tertiary/aromatic N) is 2. The van der Waals surface area contributed by atoms with Crippen LogP contribution >= 0.6 is 11.3 Å². The maximum Gasteiger partial charge on any atom is 0.137 e. The minimum Gasteiger partial charge on any atom is -0.492 e. The highest BCUT2D eigenvalue weighted by Gasteiger charge is 2.15. The molecule has 0 bridgehead atoms. The number of hydrogen-bond donors (Lipinski definition) is 1. The summed E-state index contributed by atoms with van der Waals surface area (Å²) < 4.78 is 5.50. The number of pyridine rings is 1. The summed E-state index contributed by atoms with van der Waals surface area (Å²) in [6.45, 7) is 4.60. The van der Waals surface area contributed by atoms with E-state index in [-0.39, 0.29) is 0 Å². The third-order valence-corrected chi connectivity index (χ3v) is 3.41. The molecule has 18 heavy (non-hydrogen) atoms. The number of ether oxygens (including phenoxy) is 1. The Morgan fingerprint density at radius 3 is 2.94 bits per heavy atom. The van der Waals surface area contributed by atoms with Crippen LogP contribution < -0.4 is 4.74 Å². The number of rotatable bonds is 5. The van der Waals surface area contributed by atoms with E-state index < -0.39 is 6.10 Å². The third kappa shape index (κ3) is 3.05. The number of hydrogen-bond acceptors (Lipinski definition) is 5. The van der Waals surface area contributed by atoms with E-state index in [2.05, 4.69) is 9.97 Å². The van der Waals surface area contributed by atoms with E-state index in [0.29, 0.717) is 22.9 Å². The van der Waals surface area contributed by atoms with Gasteiger partial charge in [0.1, 0.15) is 16.9 Å². The molecule has 0 saturated carbocycles. The molecule has 0 amide bonds. The second-order valence-corrected chi connectivity index (χ2v) is 4.92. The molecule has 2 heterocycles. The average Bonchev–Trinajstić information content (AvgIpc) is 2.82. The summed E-state index contributed by atoms with van der Waals surface area (Å²) in [7, 11) is 0. The lowest BCUT2D eigenvalue weighted by atomic mass is 10.2. The number of thiazole rings is 1. The lowest BCUT2D eigenvalue weighted by Gasteiger charge is -2.10. The number of aryl methyl sites for hydroxylation is 1. The van der Waals surface area contributed by atoms with Gasteiger partial charge in [-0.3, -0.25) is 4.98 Å². The van der Waals surface area contributed by atoms with E-state index in [1.807, 2.05) is 25.3 Å². The van der Waals surface area contributed by atoms with Crippen molar-refractivity contribution in [2.24, 2.45) is 0 Å². The molecule has 0 aliphatic carbocycles. The van der Waals surface area contributed by atoms with E-state index in [1.54, 1.807) is 12.4 Å². The first-order chi connectivity index (χ1) is 8.70. The molecule has 0 aliphatic rings. The molecule has 0 aliphatic heterocycles. The standard InChI is InChI=1S/C13H16N2O2S/c1-3-4-17-11-5-10(6-14-7-11)12(16)13-15-9(2)8-18-13/h5-8,12,16H,3-4H2,1-2H3. The van der Waals surface area contributed by atoms with Crippen molar-refractivity contribution < 1.29 is 9.84 Å². The second kappa shape index (κ2) is 5.93. The van der Waals surface area contributed by atoms with Crippen LogP contribution in [-0.4, -0.2) is 21.7 Å². The van der Waals surface area contributed by atoms with Gasteiger partial charge in [-0.15, -0.1) is 11.3 Å². The molecule has 0 saturated heterocycles. The fourth-order valence-electron chi connectivity index (χ4n) is 1.52. The highest BCUT2D eigenvalue weighted by atomic mass is 32.1. The molecule has 96 valence electrons. The Balaban J connectivity index is 2.17. The maximum absolute atomic E-state index is 10.2. The first-order valence-electron chi connectivity index (χ1n) is 5.88. The summed E-state index contributed by atoms with van der Waals surface area (Å²) >= 11 is 1.45. The van der Waals surface area contributed by atoms with Crippen LogP contribution in [-0.2, 0) is 0 Å². The SMILES string of the molecule is CCCOc1cncc(C(O)c2nc(C)cs2)c1. The minimum atomic E-state index is -0.735. The first-order valence-corrected chi connectivity index (χ1v) is 6.76. The summed E-state index contributed by atoms with van der Waals surface area (Å²) in [6, 6.07) is 1.81. The molecular formula is C13H16N2O2S. The molecule has 1 atom stereocenters. The van der Waals surface area contributed by atoms with Crippen molar-refractivity contribution in [3.05, 3.63) is 40.1 Å². The van der Waals surface area contributed by atoms with Crippen LogP contribution in [0.1, 0.15) is 35.7 Å². The van der Waals surface area contributed by atoms with Gasteiger partial charge in [-0.2, -0.15) is 0 Å². The topological polar surface area (TPSA) is 55.2 Å². The highest BCUT2D eigenvalue weighted by molar-refractivity contribution is 7.09. The van der Waals surface area contributed by atoms with Gasteiger partial charge in [0.05, 0.1) is 12.8 Å². The molecular weight excluding hydrogens is 248 g/mol. The van der Waals surface area contributed by atoms with Gasteiger partial charge in [0.15, 0.2) is 0 Å². The molecule has 0 radical (unpaired) electrons. The van der Waals surface area contributed by atoms with E-state index in [0.717, 1.165) is 12.1 Å². The van der Waals surface area contributed by atoms with Crippen molar-refractivity contribution in [1.82, 2.24) is 9.97 Å². The zero-order chi connectivity index (χ0) is 13.0. The molecule has 1 unspecified atom stereocenters. The normalized spacial score (nSPS) is 12.4. The predicted molar refractivity (Wildman–Crippen MR) is 70.9 cm³/mol. The van der Waals surface area contributed by atoms with Crippen LogP contribution in [0.15, 0.2) is 23.8 Å². The van der Waals surface area contributed by atoms with Gasteiger partial charge in [-0.1, -0.05) is 6.92 Å². The van der Waals surface area contributed by atoms with Crippen molar-refractivity contribution in [3.8, 4) is 5.75 Å². The summed E-state index contributed by atoms with van der Waals surface area (Å²) in [6.07, 6.45) is 3.50. The second-order valence-electron chi connectivity index (χ2n) is 4.03. The van der Waals surface area contributed by atoms with E-state index in [1.165, 1.54) is 11.3 Å². The summed E-state index contributed by atoms with van der Waals surface area (Å²) in [4.78, 5) is 8.36. The quantitative estimate of drug-likeness (QED) is 0.902. The van der Waals surface area contributed by atoms with E-state index >= 15 is 0 Å². The van der Waals surface area contributed by atoms with Gasteiger partial charge in [-0.05, 0) is 19.4 Å². The Morgan fingerprint density at radius 2 is 2.28 bits per heavy atom. The van der Waals surface area contributed by atoms with Gasteiger partial charge in [0, 0.05) is 22.8 Å². The predicted octanol–water partition coefficient (Wildman–Crippen LogP) is 2.72. The fourth-order valence-corrected chi connectivity index (χ4v) is 2.33.